The number of piperidine rings is 1. The summed E-state index contributed by atoms with van der Waals surface area (Å²) in [6.07, 6.45) is 3.42. The fourth-order valence-corrected chi connectivity index (χ4v) is 4.39. The van der Waals surface area contributed by atoms with Crippen LogP contribution < -0.4 is 0 Å². The number of hydrogen-bond donors (Lipinski definition) is 1. The average Bonchev–Trinajstić information content (AvgIpc) is 2.80. The van der Waals surface area contributed by atoms with Gasteiger partial charge in [0.05, 0.1) is 11.2 Å². The number of nitrogens with zero attached hydrogens (tertiary/aromatic N) is 1. The zero-order valence-corrected chi connectivity index (χ0v) is 12.3. The van der Waals surface area contributed by atoms with Crippen molar-refractivity contribution >= 4 is 12.1 Å². The summed E-state index contributed by atoms with van der Waals surface area (Å²) in [6, 6.07) is 0. The zero-order valence-electron chi connectivity index (χ0n) is 12.3. The lowest BCUT2D eigenvalue weighted by atomic mass is 9.54. The molecule has 1 saturated carbocycles. The second kappa shape index (κ2) is 4.47. The van der Waals surface area contributed by atoms with E-state index in [9.17, 15) is 14.7 Å². The van der Waals surface area contributed by atoms with Crippen molar-refractivity contribution in [3.63, 3.8) is 0 Å². The largest absolute Gasteiger partial charge is 0.481 e. The van der Waals surface area contributed by atoms with Crippen molar-refractivity contribution in [2.75, 3.05) is 19.7 Å². The summed E-state index contributed by atoms with van der Waals surface area (Å²) < 4.78 is 11.2. The van der Waals surface area contributed by atoms with Crippen molar-refractivity contribution in [2.45, 2.75) is 43.8 Å². The number of carboxylic acids is 1. The van der Waals surface area contributed by atoms with Gasteiger partial charge in [-0.1, -0.05) is 12.7 Å². The minimum absolute atomic E-state index is 0.189. The van der Waals surface area contributed by atoms with E-state index in [1.807, 2.05) is 6.92 Å². The SMILES string of the molecule is C=CCOC(=O)N1CCC2(CC1)OC1(C)CC2(C(=O)O)C1. The van der Waals surface area contributed by atoms with E-state index < -0.39 is 17.0 Å². The lowest BCUT2D eigenvalue weighted by molar-refractivity contribution is -0.160. The molecule has 3 aliphatic heterocycles. The Balaban J connectivity index is 1.69. The van der Waals surface area contributed by atoms with Gasteiger partial charge in [0.15, 0.2) is 0 Å². The van der Waals surface area contributed by atoms with Gasteiger partial charge in [0.1, 0.15) is 12.0 Å². The third-order valence-electron chi connectivity index (χ3n) is 5.23. The molecule has 0 aromatic heterocycles. The Labute approximate surface area is 123 Å². The van der Waals surface area contributed by atoms with Crippen LogP contribution in [0.25, 0.3) is 0 Å². The van der Waals surface area contributed by atoms with E-state index in [1.165, 1.54) is 6.08 Å². The monoisotopic (exact) mass is 295 g/mol. The number of carboxylic acid groups (broad SMARTS) is 1. The highest BCUT2D eigenvalue weighted by Crippen LogP contribution is 2.69. The third kappa shape index (κ3) is 1.88. The molecule has 0 unspecified atom stereocenters. The van der Waals surface area contributed by atoms with Gasteiger partial charge >= 0.3 is 12.1 Å². The van der Waals surface area contributed by atoms with E-state index in [-0.39, 0.29) is 18.3 Å². The molecule has 0 aromatic carbocycles. The van der Waals surface area contributed by atoms with E-state index in [2.05, 4.69) is 6.58 Å². The molecule has 6 nitrogen and oxygen atoms in total. The van der Waals surface area contributed by atoms with Crippen molar-refractivity contribution in [3.8, 4) is 0 Å². The molecule has 4 fully saturated rings. The first-order chi connectivity index (χ1) is 9.86. The fraction of sp³-hybridized carbons (Fsp3) is 0.733. The number of hydrogen-bond acceptors (Lipinski definition) is 4. The second-order valence-corrected chi connectivity index (χ2v) is 6.64. The predicted molar refractivity (Wildman–Crippen MR) is 73.9 cm³/mol. The Morgan fingerprint density at radius 1 is 1.38 bits per heavy atom. The van der Waals surface area contributed by atoms with Gasteiger partial charge in [0.2, 0.25) is 0 Å². The number of aliphatic carboxylic acids is 1. The van der Waals surface area contributed by atoms with Crippen LogP contribution in [0.5, 0.6) is 0 Å². The van der Waals surface area contributed by atoms with Gasteiger partial charge in [0.25, 0.3) is 0 Å². The molecule has 4 rings (SSSR count). The normalized spacial score (nSPS) is 36.1. The van der Waals surface area contributed by atoms with Gasteiger partial charge in [-0.2, -0.15) is 0 Å². The molecule has 1 N–H and O–H groups in total. The number of rotatable bonds is 3. The van der Waals surface area contributed by atoms with E-state index in [0.717, 1.165) is 0 Å². The van der Waals surface area contributed by atoms with Gasteiger partial charge in [-0.25, -0.2) is 4.79 Å². The van der Waals surface area contributed by atoms with Crippen LogP contribution in [0.2, 0.25) is 0 Å². The van der Waals surface area contributed by atoms with Gasteiger partial charge in [0, 0.05) is 13.1 Å². The second-order valence-electron chi connectivity index (χ2n) is 6.64. The fourth-order valence-electron chi connectivity index (χ4n) is 4.39. The van der Waals surface area contributed by atoms with E-state index in [1.54, 1.807) is 4.90 Å². The number of carbonyl (C=O) groups is 2. The quantitative estimate of drug-likeness (QED) is 0.803. The number of likely N-dealkylation sites (tertiary alicyclic amines) is 1. The molecule has 3 saturated heterocycles. The van der Waals surface area contributed by atoms with Crippen molar-refractivity contribution in [2.24, 2.45) is 5.41 Å². The van der Waals surface area contributed by atoms with Crippen LogP contribution in [-0.2, 0) is 14.3 Å². The minimum atomic E-state index is -0.765. The third-order valence-corrected chi connectivity index (χ3v) is 5.23. The average molecular weight is 295 g/mol. The maximum Gasteiger partial charge on any atom is 0.410 e. The smallest absolute Gasteiger partial charge is 0.410 e. The molecule has 6 heteroatoms. The highest BCUT2D eigenvalue weighted by atomic mass is 16.6. The summed E-state index contributed by atoms with van der Waals surface area (Å²) in [5.74, 6) is -0.764. The lowest BCUT2D eigenvalue weighted by Gasteiger charge is -2.46. The van der Waals surface area contributed by atoms with E-state index >= 15 is 0 Å². The summed E-state index contributed by atoms with van der Waals surface area (Å²) >= 11 is 0. The Bertz CT molecular complexity index is 486. The van der Waals surface area contributed by atoms with Gasteiger partial charge < -0.3 is 19.5 Å². The van der Waals surface area contributed by atoms with Gasteiger partial charge in [-0.15, -0.1) is 0 Å². The summed E-state index contributed by atoms with van der Waals surface area (Å²) in [5.41, 5.74) is -1.69. The van der Waals surface area contributed by atoms with Crippen LogP contribution in [0.15, 0.2) is 12.7 Å². The standard InChI is InChI=1S/C15H21NO5/c1-3-8-20-12(19)16-6-4-15(5-7-16)14(11(17)18)9-13(2,10-14)21-15/h3H,1,4-10H2,2H3,(H,17,18). The Morgan fingerprint density at radius 3 is 2.52 bits per heavy atom. The number of amides is 1. The summed E-state index contributed by atoms with van der Waals surface area (Å²) in [4.78, 5) is 25.2. The molecule has 116 valence electrons. The van der Waals surface area contributed by atoms with Crippen LogP contribution in [0, 0.1) is 5.41 Å². The molecular weight excluding hydrogens is 274 g/mol. The first-order valence-electron chi connectivity index (χ1n) is 7.33. The Hall–Kier alpha value is -1.56. The molecule has 0 aromatic rings. The zero-order chi connectivity index (χ0) is 15.3. The summed E-state index contributed by atoms with van der Waals surface area (Å²) in [6.45, 7) is 6.62. The molecule has 3 heterocycles. The first kappa shape index (κ1) is 14.4. The van der Waals surface area contributed by atoms with Crippen molar-refractivity contribution in [1.29, 1.82) is 0 Å². The molecule has 1 aliphatic carbocycles. The van der Waals surface area contributed by atoms with Crippen molar-refractivity contribution < 1.29 is 24.2 Å². The maximum absolute atomic E-state index is 11.8. The van der Waals surface area contributed by atoms with E-state index in [4.69, 9.17) is 9.47 Å². The highest BCUT2D eigenvalue weighted by molar-refractivity contribution is 5.80. The molecule has 2 bridgehead atoms. The van der Waals surface area contributed by atoms with Crippen LogP contribution in [-0.4, -0.2) is 53.0 Å². The van der Waals surface area contributed by atoms with Gasteiger partial charge in [-0.05, 0) is 32.6 Å². The maximum atomic E-state index is 11.8. The molecule has 21 heavy (non-hydrogen) atoms. The molecule has 1 spiro atoms. The molecular formula is C15H21NO5. The van der Waals surface area contributed by atoms with Crippen LogP contribution >= 0.6 is 0 Å². The van der Waals surface area contributed by atoms with Crippen LogP contribution in [0.3, 0.4) is 0 Å². The molecule has 0 atom stereocenters. The first-order valence-corrected chi connectivity index (χ1v) is 7.33. The lowest BCUT2D eigenvalue weighted by Crippen LogP contribution is -2.58. The summed E-state index contributed by atoms with van der Waals surface area (Å²) in [5, 5.41) is 9.64. The van der Waals surface area contributed by atoms with E-state index in [0.29, 0.717) is 38.8 Å². The molecule has 4 aliphatic rings. The molecule has 1 amide bonds. The predicted octanol–water partition coefficient (Wildman–Crippen LogP) is 1.80. The van der Waals surface area contributed by atoms with Crippen molar-refractivity contribution in [1.82, 2.24) is 4.90 Å². The topological polar surface area (TPSA) is 76.1 Å². The minimum Gasteiger partial charge on any atom is -0.481 e. The van der Waals surface area contributed by atoms with Crippen LogP contribution in [0.4, 0.5) is 4.79 Å². The van der Waals surface area contributed by atoms with Crippen LogP contribution in [0.1, 0.15) is 32.6 Å². The Morgan fingerprint density at radius 2 is 2.00 bits per heavy atom. The molecule has 0 radical (unpaired) electrons. The summed E-state index contributed by atoms with van der Waals surface area (Å²) in [7, 11) is 0. The number of ether oxygens (including phenoxy) is 2. The Kier molecular flexibility index (Phi) is 3.06. The van der Waals surface area contributed by atoms with Crippen molar-refractivity contribution in [3.05, 3.63) is 12.7 Å². The highest BCUT2D eigenvalue weighted by Gasteiger charge is 2.76. The number of carbonyl (C=O) groups excluding carboxylic acids is 1. The van der Waals surface area contributed by atoms with Gasteiger partial charge in [-0.3, -0.25) is 4.79 Å².